The maximum atomic E-state index is 11.4. The molecule has 1 saturated carbocycles. The largest absolute Gasteiger partial charge is 0.397 e. The van der Waals surface area contributed by atoms with Crippen molar-refractivity contribution in [3.05, 3.63) is 0 Å². The van der Waals surface area contributed by atoms with Gasteiger partial charge in [0.2, 0.25) is 25.7 Å². The molecule has 0 radical (unpaired) electrons. The van der Waals surface area contributed by atoms with Gasteiger partial charge in [0.1, 0.15) is 0 Å². The van der Waals surface area contributed by atoms with Gasteiger partial charge in [0.15, 0.2) is 0 Å². The first-order chi connectivity index (χ1) is 65.6. The van der Waals surface area contributed by atoms with Gasteiger partial charge in [-0.05, 0) is 168 Å². The van der Waals surface area contributed by atoms with E-state index in [1.165, 1.54) is 110 Å². The first-order valence-electron chi connectivity index (χ1n) is 53.6. The number of ether oxygens (including phenoxy) is 2. The third kappa shape index (κ3) is 808. The van der Waals surface area contributed by atoms with Gasteiger partial charge in [-0.25, -0.2) is 35.1 Å². The summed E-state index contributed by atoms with van der Waals surface area (Å²) in [5.74, 6) is 7.49. The van der Waals surface area contributed by atoms with Crippen LogP contribution in [0.15, 0.2) is 0 Å². The molecule has 1 rings (SSSR count). The molecule has 0 heterocycles. The monoisotopic (exact) mass is 2220 g/mol. The van der Waals surface area contributed by atoms with Crippen molar-refractivity contribution in [2.24, 2.45) is 64.6 Å². The third-order valence-electron chi connectivity index (χ3n) is 12.4. The molecule has 143 heavy (non-hydrogen) atoms. The van der Waals surface area contributed by atoms with Crippen molar-refractivity contribution >= 4 is 48.8 Å². The van der Waals surface area contributed by atoms with Crippen LogP contribution in [0, 0.1) is 75.9 Å². The Morgan fingerprint density at radius 2 is 0.706 bits per heavy atom. The Bertz CT molecular complexity index is 1540. The predicted molar refractivity (Wildman–Crippen MR) is 621 cm³/mol. The summed E-state index contributed by atoms with van der Waals surface area (Å²) in [6.45, 7) is 98.8. The van der Waals surface area contributed by atoms with Crippen molar-refractivity contribution in [1.82, 2.24) is 0 Å². The van der Waals surface area contributed by atoms with Gasteiger partial charge in [-0.2, -0.15) is 93.6 Å². The van der Waals surface area contributed by atoms with Crippen LogP contribution in [0.5, 0.6) is 0 Å². The molecule has 0 aromatic rings. The Balaban J connectivity index is -0.0000000349. The molecule has 0 aromatic carbocycles. The smallest absolute Gasteiger partial charge is 0.391 e. The number of halogens is 21. The summed E-state index contributed by atoms with van der Waals surface area (Å²) in [4.78, 5) is 0. The van der Waals surface area contributed by atoms with Crippen LogP contribution in [0.3, 0.4) is 0 Å². The number of rotatable bonds is 27. The molecular weight excluding hydrogens is 1970 g/mol. The van der Waals surface area contributed by atoms with Crippen molar-refractivity contribution in [3.63, 3.8) is 0 Å². The highest BCUT2D eigenvalue weighted by molar-refractivity contribution is 7.98. The van der Waals surface area contributed by atoms with Crippen LogP contribution in [-0.4, -0.2) is 169 Å². The summed E-state index contributed by atoms with van der Waals surface area (Å²) in [5, 5.41) is 31.3. The van der Waals surface area contributed by atoms with E-state index in [9.17, 15) is 92.2 Å². The molecule has 2 atom stereocenters. The van der Waals surface area contributed by atoms with E-state index in [2.05, 4.69) is 216 Å². The highest BCUT2D eigenvalue weighted by Gasteiger charge is 2.31. The Hall–Kier alpha value is -0.780. The van der Waals surface area contributed by atoms with Crippen LogP contribution in [0.2, 0.25) is 0 Å². The minimum absolute atomic E-state index is 0.0278. The predicted octanol–water partition coefficient (Wildman–Crippen LogP) is 46.3. The average Bonchev–Trinajstić information content (AvgIpc) is 1.81. The first-order valence-corrected chi connectivity index (χ1v) is 57.7. The van der Waals surface area contributed by atoms with Gasteiger partial charge in [-0.15, -0.1) is 0 Å². The van der Waals surface area contributed by atoms with Crippen molar-refractivity contribution in [3.8, 4) is 6.07 Å². The highest BCUT2D eigenvalue weighted by atomic mass is 32.2. The fraction of sp³-hybridized carbons (Fsp3) is 0.991. The van der Waals surface area contributed by atoms with Gasteiger partial charge < -0.3 is 24.8 Å². The minimum atomic E-state index is -4.00. The van der Waals surface area contributed by atoms with E-state index in [0.29, 0.717) is 37.7 Å². The lowest BCUT2D eigenvalue weighted by Gasteiger charge is -2.07. The zero-order valence-corrected chi connectivity index (χ0v) is 108. The second-order valence-corrected chi connectivity index (χ2v) is 38.4. The van der Waals surface area contributed by atoms with Gasteiger partial charge in [0, 0.05) is 96.6 Å². The average molecular weight is 2230 g/mol. The number of unbranched alkanes of at least 4 members (excludes halogenated alkanes) is 3. The zero-order chi connectivity index (χ0) is 122. The first kappa shape index (κ1) is 221. The molecule has 0 amide bonds. The molecule has 1 aliphatic carbocycles. The number of aliphatic hydroxyl groups is 3. The molecule has 1 fully saturated rings. The number of thiol groups is 2. The lowest BCUT2D eigenvalue weighted by atomic mass is 10.0. The van der Waals surface area contributed by atoms with Crippen LogP contribution < -0.4 is 0 Å². The SMILES string of the molecule is CC.CC(C)(C)C.CC(C)C.CC(C)C(F)(F)F.CC(C)C(F)F.CC(C)CF.CC(C)O.CCC.CCC(C)C.CCC(C)C.CCC(C)C.CCC(C)C(F)F.CCC(C)CF.CCC(F)(F)F.CCC(F)F.CCC1CC1.CCCC.CCCC#N.CCCC(F)(F)F.CCCC(F)F.CCCCF.CCCF.CCCO.CCCOC.CCCS.CCCSC.CCO.CCOC.CCS.CCSC. The summed E-state index contributed by atoms with van der Waals surface area (Å²) in [6.07, 6.45) is 5.31. The number of hydrogen-bond donors (Lipinski definition) is 5. The Kier molecular flexibility index (Phi) is 347. The lowest BCUT2D eigenvalue weighted by molar-refractivity contribution is -0.164. The maximum absolute atomic E-state index is 11.4. The van der Waals surface area contributed by atoms with Crippen molar-refractivity contribution < 1.29 is 117 Å². The van der Waals surface area contributed by atoms with Gasteiger partial charge in [-0.1, -0.05) is 396 Å². The van der Waals surface area contributed by atoms with E-state index in [-0.39, 0.29) is 70.5 Å². The molecule has 0 bridgehead atoms. The molecule has 0 spiro atoms. The molecule has 2 unspecified atom stereocenters. The Morgan fingerprint density at radius 1 is 0.434 bits per heavy atom. The maximum Gasteiger partial charge on any atom is 0.391 e. The Morgan fingerprint density at radius 3 is 0.706 bits per heavy atom. The third-order valence-corrected chi connectivity index (χ3v) is 14.2. The van der Waals surface area contributed by atoms with Crippen molar-refractivity contribution in [2.75, 3.05) is 103 Å². The molecular formula is C112H258F21NO5S4. The van der Waals surface area contributed by atoms with Crippen LogP contribution in [0.1, 0.15) is 513 Å². The minimum Gasteiger partial charge on any atom is -0.397 e. The van der Waals surface area contributed by atoms with Gasteiger partial charge >= 0.3 is 18.5 Å². The van der Waals surface area contributed by atoms with E-state index in [1.54, 1.807) is 62.7 Å². The molecule has 1 aliphatic rings. The number of thioether (sulfide) groups is 2. The number of methoxy groups -OCH3 is 2. The summed E-state index contributed by atoms with van der Waals surface area (Å²) >= 11 is 11.5. The van der Waals surface area contributed by atoms with Gasteiger partial charge in [0.05, 0.1) is 32.8 Å². The van der Waals surface area contributed by atoms with Crippen LogP contribution in [0.4, 0.5) is 92.2 Å². The van der Waals surface area contributed by atoms with Crippen LogP contribution in [-0.2, 0) is 9.47 Å². The van der Waals surface area contributed by atoms with Crippen LogP contribution in [0.25, 0.3) is 0 Å². The summed E-state index contributed by atoms with van der Waals surface area (Å²) in [7, 11) is 3.39. The summed E-state index contributed by atoms with van der Waals surface area (Å²) in [5.41, 5.74) is 0.500. The molecule has 0 aliphatic heterocycles. The summed E-state index contributed by atoms with van der Waals surface area (Å²) in [6, 6.07) is 2.02. The van der Waals surface area contributed by atoms with E-state index >= 15 is 0 Å². The zero-order valence-electron chi connectivity index (χ0n) is 104. The van der Waals surface area contributed by atoms with E-state index in [0.717, 1.165) is 114 Å². The number of nitriles is 1. The van der Waals surface area contributed by atoms with E-state index in [4.69, 9.17) is 25.3 Å². The number of aliphatic hydroxyl groups excluding tert-OH is 3. The van der Waals surface area contributed by atoms with E-state index in [1.807, 2.05) is 106 Å². The second-order valence-electron chi connectivity index (χ2n) is 35.2. The molecule has 31 heteroatoms. The number of nitrogens with zero attached hydrogens (tertiary/aromatic N) is 1. The van der Waals surface area contributed by atoms with E-state index < -0.39 is 74.8 Å². The molecule has 3 N–H and O–H groups in total. The van der Waals surface area contributed by atoms with Crippen molar-refractivity contribution in [2.45, 2.75) is 563 Å². The fourth-order valence-electron chi connectivity index (χ4n) is 1.97. The summed E-state index contributed by atoms with van der Waals surface area (Å²) < 4.78 is 241. The second kappa shape index (κ2) is 224. The topological polar surface area (TPSA) is 103 Å². The highest BCUT2D eigenvalue weighted by Crippen LogP contribution is 2.31. The van der Waals surface area contributed by atoms with Crippen LogP contribution >= 0.6 is 48.8 Å². The number of alkyl halides is 21. The molecule has 0 aromatic heterocycles. The normalized spacial score (nSPS) is 10.1. The van der Waals surface area contributed by atoms with Gasteiger partial charge in [0.25, 0.3) is 0 Å². The van der Waals surface area contributed by atoms with Gasteiger partial charge in [-0.3, -0.25) is 17.6 Å². The molecule has 6 nitrogen and oxygen atoms in total. The number of hydrogen-bond acceptors (Lipinski definition) is 10. The fourth-order valence-corrected chi connectivity index (χ4v) is 2.38. The van der Waals surface area contributed by atoms with Crippen molar-refractivity contribution in [1.29, 1.82) is 5.26 Å². The lowest BCUT2D eigenvalue weighted by Crippen LogP contribution is -2.15. The quantitative estimate of drug-likeness (QED) is 0.0410. The molecule has 0 saturated heterocycles. The molecule has 912 valence electrons. The standard InChI is InChI=1S/C5H10F2.C5H11F.C5H10.4C5H12.2C4H7F3.2C4H8F2.2C4H9F.C4H7N.C4H10O.C4H10S.2C4H10.C3H5F3.C3H6F2.C3H7F.3C3H8O.2C3H8S.C3H8.C2H6O.C2H6S.C2H6/c1-3-4(2)5(6)7;1-3-5(2)4-6;1-2-5-3-4-5;1-5(2,3)4;3*1-4-5(2)3;1-3(2)4(5,6)7;1-2-3-4(5,6)7;1-3(2)4(5)6;1-2-3-4(5)6;1-4(2)3-5;2*1-2-3-4-5;2*1-3-4-5-2;1-4(2)3;1-3-4-2;1-2-3(4,5)6;1-2-3(4)5;1-2-3-4;1-3-4-2;1-3(2)4;1-2-3-4;1-3-4-2;1-2-3-4;1-3-2;2*1-2-3;1-2/h4-5H,3H2,1-2H3;5H,3-4H2,1-2H3;5H,2-4H2,1H3;1-4H3;3*5H,4H2,1-3H3;3H,1-2H3;2-3H2,1H3;3-4H,1-2H3;4H,2-3H2,1H3;4H,3H2,1-2H3;2-4H2,1H3;2-3H2,1H3;2*3-4H2,1-2H3;4H,1-3H3;3-4H2,1-2H3;2H2,1H3;3H,2H2,1H3;2-3H2,1H3;3H2,1-2H3;3-4H,1-2H3;4H,2-3H2,1H3;3H2,1-2H3;4H,2-3H2,1H3;3H2,1-2H3;2*3H,2H2,1H3;1-2H3. The Labute approximate surface area is 902 Å².